The Bertz CT molecular complexity index is 369. The van der Waals surface area contributed by atoms with Crippen LogP contribution in [0.1, 0.15) is 33.1 Å². The minimum absolute atomic E-state index is 0.610. The van der Waals surface area contributed by atoms with E-state index < -0.39 is 0 Å². The van der Waals surface area contributed by atoms with Gasteiger partial charge < -0.3 is 15.0 Å². The Balaban J connectivity index is 1.71. The minimum atomic E-state index is 0.610. The smallest absolute Gasteiger partial charge is 0.0639 e. The zero-order chi connectivity index (χ0) is 14.2. The number of hydrogen-bond acceptors (Lipinski definition) is 3. The topological polar surface area (TPSA) is 24.5 Å². The van der Waals surface area contributed by atoms with Crippen LogP contribution in [0.25, 0.3) is 0 Å². The van der Waals surface area contributed by atoms with Gasteiger partial charge in [-0.05, 0) is 49.4 Å². The molecule has 1 fully saturated rings. The lowest BCUT2D eigenvalue weighted by Crippen LogP contribution is -2.29. The van der Waals surface area contributed by atoms with Crippen LogP contribution in [0.3, 0.4) is 0 Å². The molecule has 0 saturated carbocycles. The van der Waals surface area contributed by atoms with Crippen molar-refractivity contribution >= 4 is 11.4 Å². The molecule has 0 aromatic heterocycles. The molecule has 1 aliphatic rings. The maximum Gasteiger partial charge on any atom is 0.0639 e. The summed E-state index contributed by atoms with van der Waals surface area (Å²) >= 11 is 0. The fourth-order valence-corrected chi connectivity index (χ4v) is 2.53. The first-order valence-corrected chi connectivity index (χ1v) is 7.92. The van der Waals surface area contributed by atoms with E-state index in [4.69, 9.17) is 4.74 Å². The molecule has 1 N–H and O–H groups in total. The van der Waals surface area contributed by atoms with E-state index in [0.29, 0.717) is 5.92 Å². The van der Waals surface area contributed by atoms with Gasteiger partial charge in [-0.15, -0.1) is 0 Å². The summed E-state index contributed by atoms with van der Waals surface area (Å²) in [6, 6.07) is 8.80. The van der Waals surface area contributed by atoms with Gasteiger partial charge in [-0.3, -0.25) is 0 Å². The van der Waals surface area contributed by atoms with E-state index in [1.54, 1.807) is 0 Å². The van der Waals surface area contributed by atoms with Crippen molar-refractivity contribution in [2.24, 2.45) is 5.92 Å². The Morgan fingerprint density at radius 2 is 1.80 bits per heavy atom. The Kier molecular flexibility index (Phi) is 6.19. The minimum Gasteiger partial charge on any atom is -0.383 e. The molecule has 0 spiro atoms. The van der Waals surface area contributed by atoms with Crippen LogP contribution >= 0.6 is 0 Å². The summed E-state index contributed by atoms with van der Waals surface area (Å²) in [4.78, 5) is 2.49. The number of piperidine rings is 1. The maximum atomic E-state index is 5.56. The molecule has 0 radical (unpaired) electrons. The van der Waals surface area contributed by atoms with Gasteiger partial charge >= 0.3 is 0 Å². The molecule has 0 bridgehead atoms. The molecule has 0 atom stereocenters. The predicted octanol–water partition coefficient (Wildman–Crippen LogP) is 3.76. The molecule has 1 aliphatic heterocycles. The number of anilines is 2. The zero-order valence-electron chi connectivity index (χ0n) is 12.9. The lowest BCUT2D eigenvalue weighted by Gasteiger charge is -2.28. The third-order valence-electron chi connectivity index (χ3n) is 3.62. The van der Waals surface area contributed by atoms with Gasteiger partial charge in [-0.1, -0.05) is 13.8 Å². The number of benzene rings is 1. The molecule has 20 heavy (non-hydrogen) atoms. The van der Waals surface area contributed by atoms with Crippen molar-refractivity contribution in [1.29, 1.82) is 0 Å². The molecular formula is C17H28N2O. The van der Waals surface area contributed by atoms with Crippen LogP contribution in [-0.2, 0) is 4.74 Å². The molecule has 0 amide bonds. The van der Waals surface area contributed by atoms with E-state index in [0.717, 1.165) is 19.8 Å². The second-order valence-corrected chi connectivity index (χ2v) is 5.99. The van der Waals surface area contributed by atoms with Crippen LogP contribution in [0.4, 0.5) is 11.4 Å². The third-order valence-corrected chi connectivity index (χ3v) is 3.62. The molecule has 0 aliphatic carbocycles. The lowest BCUT2D eigenvalue weighted by atomic mass is 10.1. The summed E-state index contributed by atoms with van der Waals surface area (Å²) in [6.45, 7) is 9.24. The molecule has 3 nitrogen and oxygen atoms in total. The van der Waals surface area contributed by atoms with Crippen LogP contribution < -0.4 is 10.2 Å². The Labute approximate surface area is 123 Å². The van der Waals surface area contributed by atoms with Crippen LogP contribution in [0.2, 0.25) is 0 Å². The molecule has 0 unspecified atom stereocenters. The van der Waals surface area contributed by atoms with E-state index in [9.17, 15) is 0 Å². The lowest BCUT2D eigenvalue weighted by molar-refractivity contribution is 0.118. The first-order chi connectivity index (χ1) is 9.75. The quantitative estimate of drug-likeness (QED) is 0.767. The number of nitrogens with zero attached hydrogens (tertiary/aromatic N) is 1. The second-order valence-electron chi connectivity index (χ2n) is 5.99. The molecule has 1 saturated heterocycles. The van der Waals surface area contributed by atoms with Gasteiger partial charge in [0.15, 0.2) is 0 Å². The fourth-order valence-electron chi connectivity index (χ4n) is 2.53. The van der Waals surface area contributed by atoms with Crippen molar-refractivity contribution in [1.82, 2.24) is 0 Å². The van der Waals surface area contributed by atoms with Gasteiger partial charge in [0.25, 0.3) is 0 Å². The highest BCUT2D eigenvalue weighted by Gasteiger charge is 2.10. The monoisotopic (exact) mass is 276 g/mol. The average Bonchev–Trinajstić information content (AvgIpc) is 2.48. The van der Waals surface area contributed by atoms with Crippen LogP contribution in [0.5, 0.6) is 0 Å². The largest absolute Gasteiger partial charge is 0.383 e. The first kappa shape index (κ1) is 15.2. The van der Waals surface area contributed by atoms with Gasteiger partial charge in [0.2, 0.25) is 0 Å². The van der Waals surface area contributed by atoms with Crippen molar-refractivity contribution in [2.75, 3.05) is 43.1 Å². The van der Waals surface area contributed by atoms with Gasteiger partial charge in [-0.25, -0.2) is 0 Å². The van der Waals surface area contributed by atoms with Crippen LogP contribution in [0, 0.1) is 5.92 Å². The van der Waals surface area contributed by atoms with E-state index >= 15 is 0 Å². The summed E-state index contributed by atoms with van der Waals surface area (Å²) in [6.07, 6.45) is 4.03. The summed E-state index contributed by atoms with van der Waals surface area (Å²) < 4.78 is 5.56. The Hall–Kier alpha value is -1.22. The molecule has 1 aromatic rings. The molecule has 1 aromatic carbocycles. The van der Waals surface area contributed by atoms with Crippen molar-refractivity contribution in [2.45, 2.75) is 33.1 Å². The summed E-state index contributed by atoms with van der Waals surface area (Å²) in [5.41, 5.74) is 2.53. The van der Waals surface area contributed by atoms with E-state index in [1.165, 1.54) is 43.7 Å². The normalized spacial score (nSPS) is 15.7. The first-order valence-electron chi connectivity index (χ1n) is 7.92. The van der Waals surface area contributed by atoms with Crippen molar-refractivity contribution in [3.05, 3.63) is 24.3 Å². The second kappa shape index (κ2) is 8.15. The SMILES string of the molecule is CC(C)COCCNc1ccc(N2CCCCC2)cc1. The summed E-state index contributed by atoms with van der Waals surface area (Å²) in [5.74, 6) is 0.610. The highest BCUT2D eigenvalue weighted by molar-refractivity contribution is 5.55. The highest BCUT2D eigenvalue weighted by atomic mass is 16.5. The van der Waals surface area contributed by atoms with Gasteiger partial charge in [-0.2, -0.15) is 0 Å². The van der Waals surface area contributed by atoms with Crippen molar-refractivity contribution in [3.63, 3.8) is 0 Å². The molecule has 3 heteroatoms. The molecule has 2 rings (SSSR count). The Morgan fingerprint density at radius 3 is 2.45 bits per heavy atom. The molecule has 112 valence electrons. The standard InChI is InChI=1S/C17H28N2O/c1-15(2)14-20-13-10-18-16-6-8-17(9-7-16)19-11-4-3-5-12-19/h6-9,15,18H,3-5,10-14H2,1-2H3. The number of rotatable bonds is 7. The number of nitrogens with one attached hydrogen (secondary N) is 1. The average molecular weight is 276 g/mol. The maximum absolute atomic E-state index is 5.56. The molecular weight excluding hydrogens is 248 g/mol. The van der Waals surface area contributed by atoms with Gasteiger partial charge in [0.1, 0.15) is 0 Å². The zero-order valence-corrected chi connectivity index (χ0v) is 12.9. The highest BCUT2D eigenvalue weighted by Crippen LogP contribution is 2.21. The van der Waals surface area contributed by atoms with Crippen molar-refractivity contribution < 1.29 is 4.74 Å². The van der Waals surface area contributed by atoms with Crippen LogP contribution in [0.15, 0.2) is 24.3 Å². The summed E-state index contributed by atoms with van der Waals surface area (Å²) in [7, 11) is 0. The van der Waals surface area contributed by atoms with Crippen molar-refractivity contribution in [3.8, 4) is 0 Å². The number of hydrogen-bond donors (Lipinski definition) is 1. The van der Waals surface area contributed by atoms with E-state index in [1.807, 2.05) is 0 Å². The Morgan fingerprint density at radius 1 is 1.10 bits per heavy atom. The molecule has 1 heterocycles. The van der Waals surface area contributed by atoms with E-state index in [2.05, 4.69) is 48.3 Å². The predicted molar refractivity (Wildman–Crippen MR) is 86.7 cm³/mol. The van der Waals surface area contributed by atoms with E-state index in [-0.39, 0.29) is 0 Å². The number of ether oxygens (including phenoxy) is 1. The third kappa shape index (κ3) is 5.04. The van der Waals surface area contributed by atoms with Gasteiger partial charge in [0, 0.05) is 37.6 Å². The summed E-state index contributed by atoms with van der Waals surface area (Å²) in [5, 5.41) is 3.41. The van der Waals surface area contributed by atoms with Gasteiger partial charge in [0.05, 0.1) is 6.61 Å². The van der Waals surface area contributed by atoms with Crippen LogP contribution in [-0.4, -0.2) is 32.8 Å². The fraction of sp³-hybridized carbons (Fsp3) is 0.647.